The average Bonchev–Trinajstić information content (AvgIpc) is 3.08. The summed E-state index contributed by atoms with van der Waals surface area (Å²) in [6.07, 6.45) is 1.19. The van der Waals surface area contributed by atoms with E-state index < -0.39 is 33.1 Å². The van der Waals surface area contributed by atoms with E-state index in [1.54, 1.807) is 6.07 Å². The number of ether oxygens (including phenoxy) is 1. The highest BCUT2D eigenvalue weighted by atomic mass is 32.2. The molecule has 0 radical (unpaired) electrons. The Kier molecular flexibility index (Phi) is 6.10. The molecule has 3 rings (SSSR count). The molecule has 0 bridgehead atoms. The maximum atomic E-state index is 14.1. The number of nitrogens with zero attached hydrogens (tertiary/aromatic N) is 2. The van der Waals surface area contributed by atoms with Gasteiger partial charge < -0.3 is 9.30 Å². The first-order chi connectivity index (χ1) is 14.8. The molecule has 0 saturated carbocycles. The van der Waals surface area contributed by atoms with Gasteiger partial charge in [-0.15, -0.1) is 0 Å². The van der Waals surface area contributed by atoms with Crippen LogP contribution in [0.1, 0.15) is 36.8 Å². The van der Waals surface area contributed by atoms with Crippen LogP contribution in [0.25, 0.3) is 11.4 Å². The van der Waals surface area contributed by atoms with Gasteiger partial charge in [-0.05, 0) is 35.2 Å². The van der Waals surface area contributed by atoms with Crippen molar-refractivity contribution in [3.8, 4) is 17.1 Å². The summed E-state index contributed by atoms with van der Waals surface area (Å²) in [5.41, 5.74) is -0.363. The molecule has 1 aromatic heterocycles. The van der Waals surface area contributed by atoms with E-state index in [2.05, 4.69) is 4.98 Å². The zero-order valence-corrected chi connectivity index (χ0v) is 19.0. The number of halogens is 2. The minimum atomic E-state index is -4.34. The predicted molar refractivity (Wildman–Crippen MR) is 115 cm³/mol. The Morgan fingerprint density at radius 2 is 1.75 bits per heavy atom. The SMILES string of the molecule is COc1ccc(C(C)(C)C)cc1S(=O)(=O)NC(=O)c1cn(C)c(-c2c(F)cccc2F)n1. The lowest BCUT2D eigenvalue weighted by molar-refractivity contribution is 0.0977. The van der Waals surface area contributed by atoms with Crippen LogP contribution in [0.5, 0.6) is 5.75 Å². The number of aryl methyl sites for hydroxylation is 1. The van der Waals surface area contributed by atoms with E-state index in [0.717, 1.165) is 17.7 Å². The quantitative estimate of drug-likeness (QED) is 0.622. The summed E-state index contributed by atoms with van der Waals surface area (Å²) >= 11 is 0. The number of amides is 1. The van der Waals surface area contributed by atoms with Gasteiger partial charge in [0.25, 0.3) is 15.9 Å². The van der Waals surface area contributed by atoms with Crippen LogP contribution in [-0.4, -0.2) is 31.0 Å². The van der Waals surface area contributed by atoms with Crippen molar-refractivity contribution in [3.05, 3.63) is 65.5 Å². The van der Waals surface area contributed by atoms with E-state index >= 15 is 0 Å². The third kappa shape index (κ3) is 4.50. The normalized spacial score (nSPS) is 12.0. The molecule has 0 aliphatic heterocycles. The van der Waals surface area contributed by atoms with Crippen LogP contribution < -0.4 is 9.46 Å². The standard InChI is InChI=1S/C22H23F2N3O4S/c1-22(2,3)13-9-10-17(31-5)18(11-13)32(29,30)26-21(28)16-12-27(4)20(25-16)19-14(23)7-6-8-15(19)24/h6-12H,1-5H3,(H,26,28). The van der Waals surface area contributed by atoms with Gasteiger partial charge in [0, 0.05) is 13.2 Å². The number of aromatic nitrogens is 2. The number of rotatable bonds is 5. The number of hydrogen-bond acceptors (Lipinski definition) is 5. The van der Waals surface area contributed by atoms with Gasteiger partial charge in [-0.25, -0.2) is 26.9 Å². The van der Waals surface area contributed by atoms with Gasteiger partial charge in [0.05, 0.1) is 12.7 Å². The molecule has 0 fully saturated rings. The number of sulfonamides is 1. The molecule has 32 heavy (non-hydrogen) atoms. The first-order valence-electron chi connectivity index (χ1n) is 9.58. The van der Waals surface area contributed by atoms with Gasteiger partial charge in [0.2, 0.25) is 0 Å². The molecule has 1 amide bonds. The van der Waals surface area contributed by atoms with Crippen molar-refractivity contribution in [2.45, 2.75) is 31.1 Å². The van der Waals surface area contributed by atoms with Crippen molar-refractivity contribution in [2.24, 2.45) is 7.05 Å². The number of carbonyl (C=O) groups is 1. The molecule has 7 nitrogen and oxygen atoms in total. The highest BCUT2D eigenvalue weighted by Crippen LogP contribution is 2.31. The van der Waals surface area contributed by atoms with Gasteiger partial charge in [-0.1, -0.05) is 32.9 Å². The second-order valence-corrected chi connectivity index (χ2v) is 9.86. The Morgan fingerprint density at radius 3 is 2.31 bits per heavy atom. The van der Waals surface area contributed by atoms with E-state index in [1.807, 2.05) is 25.5 Å². The lowest BCUT2D eigenvalue weighted by Gasteiger charge is -2.21. The van der Waals surface area contributed by atoms with Gasteiger partial charge in [-0.2, -0.15) is 0 Å². The molecule has 0 spiro atoms. The summed E-state index contributed by atoms with van der Waals surface area (Å²) in [5.74, 6) is -2.86. The maximum absolute atomic E-state index is 14.1. The Hall–Kier alpha value is -3.27. The van der Waals surface area contributed by atoms with E-state index in [-0.39, 0.29) is 27.6 Å². The predicted octanol–water partition coefficient (Wildman–Crippen LogP) is 3.79. The minimum absolute atomic E-state index is 0.0634. The van der Waals surface area contributed by atoms with Gasteiger partial charge in [-0.3, -0.25) is 4.79 Å². The lowest BCUT2D eigenvalue weighted by Crippen LogP contribution is -2.31. The summed E-state index contributed by atoms with van der Waals surface area (Å²) < 4.78 is 62.6. The first kappa shape index (κ1) is 23.4. The molecule has 3 aromatic rings. The number of methoxy groups -OCH3 is 1. The fraction of sp³-hybridized carbons (Fsp3) is 0.273. The van der Waals surface area contributed by atoms with Gasteiger partial charge in [0.15, 0.2) is 0 Å². The minimum Gasteiger partial charge on any atom is -0.495 e. The number of carbonyl (C=O) groups excluding carboxylic acids is 1. The third-order valence-electron chi connectivity index (χ3n) is 4.84. The molecule has 1 N–H and O–H groups in total. The highest BCUT2D eigenvalue weighted by Gasteiger charge is 2.27. The Morgan fingerprint density at radius 1 is 1.12 bits per heavy atom. The smallest absolute Gasteiger partial charge is 0.285 e. The number of nitrogens with one attached hydrogen (secondary N) is 1. The first-order valence-corrected chi connectivity index (χ1v) is 11.1. The zero-order valence-electron chi connectivity index (χ0n) is 18.2. The van der Waals surface area contributed by atoms with Crippen molar-refractivity contribution in [2.75, 3.05) is 7.11 Å². The van der Waals surface area contributed by atoms with Crippen LogP contribution >= 0.6 is 0 Å². The van der Waals surface area contributed by atoms with Gasteiger partial charge in [0.1, 0.15) is 33.8 Å². The van der Waals surface area contributed by atoms with E-state index in [4.69, 9.17) is 4.74 Å². The number of benzene rings is 2. The average molecular weight is 464 g/mol. The maximum Gasteiger partial charge on any atom is 0.285 e. The van der Waals surface area contributed by atoms with Crippen LogP contribution in [0.15, 0.2) is 47.5 Å². The van der Waals surface area contributed by atoms with Crippen molar-refractivity contribution in [1.82, 2.24) is 14.3 Å². The summed E-state index contributed by atoms with van der Waals surface area (Å²) in [6.45, 7) is 5.75. The van der Waals surface area contributed by atoms with E-state index in [1.165, 1.54) is 43.1 Å². The Labute approximate surface area is 185 Å². The zero-order chi connectivity index (χ0) is 23.8. The summed E-state index contributed by atoms with van der Waals surface area (Å²) in [6, 6.07) is 8.02. The van der Waals surface area contributed by atoms with E-state index in [9.17, 15) is 22.0 Å². The van der Waals surface area contributed by atoms with Crippen molar-refractivity contribution < 1.29 is 26.7 Å². The molecule has 0 saturated heterocycles. The molecule has 10 heteroatoms. The molecule has 2 aromatic carbocycles. The molecular weight excluding hydrogens is 440 g/mol. The van der Waals surface area contributed by atoms with E-state index in [0.29, 0.717) is 0 Å². The fourth-order valence-electron chi connectivity index (χ4n) is 3.10. The van der Waals surface area contributed by atoms with Crippen LogP contribution in [-0.2, 0) is 22.5 Å². The highest BCUT2D eigenvalue weighted by molar-refractivity contribution is 7.90. The molecule has 1 heterocycles. The summed E-state index contributed by atoms with van der Waals surface area (Å²) in [4.78, 5) is 16.4. The summed E-state index contributed by atoms with van der Waals surface area (Å²) in [7, 11) is -1.58. The third-order valence-corrected chi connectivity index (χ3v) is 6.19. The van der Waals surface area contributed by atoms with Crippen LogP contribution in [0.3, 0.4) is 0 Å². The monoisotopic (exact) mass is 463 g/mol. The molecule has 0 atom stereocenters. The second kappa shape index (κ2) is 8.34. The molecule has 0 aliphatic carbocycles. The second-order valence-electron chi connectivity index (χ2n) is 8.21. The molecular formula is C22H23F2N3O4S. The van der Waals surface area contributed by atoms with Crippen molar-refractivity contribution in [1.29, 1.82) is 0 Å². The van der Waals surface area contributed by atoms with Gasteiger partial charge >= 0.3 is 0 Å². The molecule has 0 aliphatic rings. The molecule has 170 valence electrons. The van der Waals surface area contributed by atoms with Crippen LogP contribution in [0.4, 0.5) is 8.78 Å². The lowest BCUT2D eigenvalue weighted by atomic mass is 9.87. The van der Waals surface area contributed by atoms with Crippen LogP contribution in [0, 0.1) is 11.6 Å². The fourth-order valence-corrected chi connectivity index (χ4v) is 4.26. The number of hydrogen-bond donors (Lipinski definition) is 1. The topological polar surface area (TPSA) is 90.3 Å². The molecule has 0 unspecified atom stereocenters. The Balaban J connectivity index is 1.98. The van der Waals surface area contributed by atoms with Crippen LogP contribution in [0.2, 0.25) is 0 Å². The summed E-state index contributed by atoms with van der Waals surface area (Å²) in [5, 5.41) is 0. The Bertz CT molecular complexity index is 1270. The van der Waals surface area contributed by atoms with Crippen molar-refractivity contribution in [3.63, 3.8) is 0 Å². The largest absolute Gasteiger partial charge is 0.495 e. The van der Waals surface area contributed by atoms with Crippen molar-refractivity contribution >= 4 is 15.9 Å². The number of imidazole rings is 1.